The van der Waals surface area contributed by atoms with E-state index < -0.39 is 0 Å². The molecule has 180 valence electrons. The van der Waals surface area contributed by atoms with Gasteiger partial charge >= 0.3 is 0 Å². The van der Waals surface area contributed by atoms with Crippen LogP contribution in [0.5, 0.6) is 0 Å². The molecule has 1 aliphatic rings. The number of morpholine rings is 1. The van der Waals surface area contributed by atoms with E-state index in [4.69, 9.17) is 14.7 Å². The lowest BCUT2D eigenvalue weighted by atomic mass is 10.1. The molecule has 1 fully saturated rings. The zero-order valence-corrected chi connectivity index (χ0v) is 20.2. The largest absolute Gasteiger partial charge is 0.378 e. The van der Waals surface area contributed by atoms with Crippen molar-refractivity contribution in [2.75, 3.05) is 36.5 Å². The van der Waals surface area contributed by atoms with E-state index in [-0.39, 0.29) is 11.9 Å². The number of benzene rings is 2. The molecule has 4 aromatic rings. The summed E-state index contributed by atoms with van der Waals surface area (Å²) in [6, 6.07) is 15.6. The third kappa shape index (κ3) is 5.09. The van der Waals surface area contributed by atoms with Crippen LogP contribution in [0, 0.1) is 0 Å². The number of aryl methyl sites for hydroxylation is 1. The van der Waals surface area contributed by atoms with E-state index >= 15 is 0 Å². The third-order valence-corrected chi connectivity index (χ3v) is 5.89. The summed E-state index contributed by atoms with van der Waals surface area (Å²) in [5.41, 5.74) is 4.30. The van der Waals surface area contributed by atoms with Crippen molar-refractivity contribution in [2.24, 2.45) is 7.05 Å². The Bertz CT molecular complexity index is 1340. The minimum atomic E-state index is -0.0870. The van der Waals surface area contributed by atoms with Gasteiger partial charge in [-0.2, -0.15) is 10.1 Å². The lowest BCUT2D eigenvalue weighted by Gasteiger charge is -2.27. The molecule has 9 heteroatoms. The summed E-state index contributed by atoms with van der Waals surface area (Å²) in [7, 11) is 1.93. The van der Waals surface area contributed by atoms with Crippen molar-refractivity contribution in [2.45, 2.75) is 19.9 Å². The molecule has 0 saturated carbocycles. The normalized spacial score (nSPS) is 13.9. The number of nitrogens with one attached hydrogen (secondary N) is 2. The minimum Gasteiger partial charge on any atom is -0.378 e. The van der Waals surface area contributed by atoms with Crippen LogP contribution in [0.25, 0.3) is 22.2 Å². The number of hydrogen-bond donors (Lipinski definition) is 2. The highest BCUT2D eigenvalue weighted by Crippen LogP contribution is 2.28. The van der Waals surface area contributed by atoms with Gasteiger partial charge < -0.3 is 20.3 Å². The maximum Gasteiger partial charge on any atom is 0.251 e. The average molecular weight is 472 g/mol. The predicted molar refractivity (Wildman–Crippen MR) is 137 cm³/mol. The summed E-state index contributed by atoms with van der Waals surface area (Å²) >= 11 is 0. The number of nitrogens with zero attached hydrogens (tertiary/aromatic N) is 5. The van der Waals surface area contributed by atoms with Crippen molar-refractivity contribution >= 4 is 34.3 Å². The maximum absolute atomic E-state index is 12.3. The minimum absolute atomic E-state index is 0.0870. The molecular formula is C26H29N7O2. The Morgan fingerprint density at radius 1 is 1.03 bits per heavy atom. The second-order valence-corrected chi connectivity index (χ2v) is 8.91. The van der Waals surface area contributed by atoms with Gasteiger partial charge in [-0.3, -0.25) is 9.48 Å². The highest BCUT2D eigenvalue weighted by Gasteiger charge is 2.17. The maximum atomic E-state index is 12.3. The van der Waals surface area contributed by atoms with Gasteiger partial charge in [0.15, 0.2) is 0 Å². The third-order valence-electron chi connectivity index (χ3n) is 5.89. The SMILES string of the molecule is CC(C)NC(=O)c1ccc(Nc2cc(-c3ccc4cnn(C)c4c3)nc(N3CCOCC3)n2)cc1. The molecule has 9 nitrogen and oxygen atoms in total. The molecule has 0 atom stereocenters. The zero-order chi connectivity index (χ0) is 24.4. The van der Waals surface area contributed by atoms with Crippen LogP contribution in [0.3, 0.4) is 0 Å². The van der Waals surface area contributed by atoms with Gasteiger partial charge in [0.2, 0.25) is 5.95 Å². The molecule has 5 rings (SSSR count). The van der Waals surface area contributed by atoms with E-state index in [1.807, 2.05) is 50.0 Å². The summed E-state index contributed by atoms with van der Waals surface area (Å²) in [5, 5.41) is 11.7. The van der Waals surface area contributed by atoms with Gasteiger partial charge in [0.05, 0.1) is 30.6 Å². The van der Waals surface area contributed by atoms with Crippen molar-refractivity contribution in [1.82, 2.24) is 25.1 Å². The van der Waals surface area contributed by atoms with Gasteiger partial charge in [0.1, 0.15) is 5.82 Å². The van der Waals surface area contributed by atoms with Crippen LogP contribution >= 0.6 is 0 Å². The predicted octanol–water partition coefficient (Wildman–Crippen LogP) is 3.75. The van der Waals surface area contributed by atoms with Gasteiger partial charge in [-0.25, -0.2) is 4.98 Å². The Labute approximate surface area is 204 Å². The molecule has 3 heterocycles. The first-order valence-corrected chi connectivity index (χ1v) is 11.8. The molecular weight excluding hydrogens is 442 g/mol. The van der Waals surface area contributed by atoms with E-state index in [9.17, 15) is 4.79 Å². The average Bonchev–Trinajstić information content (AvgIpc) is 3.24. The zero-order valence-electron chi connectivity index (χ0n) is 20.2. The molecule has 1 amide bonds. The van der Waals surface area contributed by atoms with Crippen LogP contribution in [0.1, 0.15) is 24.2 Å². The topological polar surface area (TPSA) is 97.2 Å². The Morgan fingerprint density at radius 3 is 2.54 bits per heavy atom. The van der Waals surface area contributed by atoms with Crippen molar-refractivity contribution < 1.29 is 9.53 Å². The van der Waals surface area contributed by atoms with E-state index in [0.29, 0.717) is 30.5 Å². The quantitative estimate of drug-likeness (QED) is 0.442. The van der Waals surface area contributed by atoms with E-state index in [1.165, 1.54) is 0 Å². The highest BCUT2D eigenvalue weighted by molar-refractivity contribution is 5.94. The lowest BCUT2D eigenvalue weighted by Crippen LogP contribution is -2.37. The monoisotopic (exact) mass is 471 g/mol. The second-order valence-electron chi connectivity index (χ2n) is 8.91. The van der Waals surface area contributed by atoms with Crippen LogP contribution in [0.4, 0.5) is 17.5 Å². The fourth-order valence-corrected chi connectivity index (χ4v) is 4.05. The summed E-state index contributed by atoms with van der Waals surface area (Å²) in [6.45, 7) is 6.67. The fourth-order valence-electron chi connectivity index (χ4n) is 4.05. The Hall–Kier alpha value is -3.98. The number of carbonyl (C=O) groups is 1. The van der Waals surface area contributed by atoms with E-state index in [2.05, 4.69) is 38.8 Å². The first-order valence-electron chi connectivity index (χ1n) is 11.8. The number of fused-ring (bicyclic) bond motifs is 1. The number of amides is 1. The number of carbonyl (C=O) groups excluding carboxylic acids is 1. The fraction of sp³-hybridized carbons (Fsp3) is 0.308. The summed E-state index contributed by atoms with van der Waals surface area (Å²) in [6.07, 6.45) is 1.86. The first-order chi connectivity index (χ1) is 17.0. The molecule has 0 bridgehead atoms. The Morgan fingerprint density at radius 2 is 1.80 bits per heavy atom. The number of aromatic nitrogens is 4. The standard InChI is InChI=1S/C26H29N7O2/c1-17(2)28-25(34)18-6-8-21(9-7-18)29-24-15-22(30-26(31-24)33-10-12-35-13-11-33)19-4-5-20-16-27-32(3)23(20)14-19/h4-9,14-17H,10-13H2,1-3H3,(H,28,34)(H,29,30,31). The van der Waals surface area contributed by atoms with Crippen LogP contribution in [0.2, 0.25) is 0 Å². The van der Waals surface area contributed by atoms with E-state index in [1.54, 1.807) is 12.1 Å². The highest BCUT2D eigenvalue weighted by atomic mass is 16.5. The molecule has 2 aromatic carbocycles. The van der Waals surface area contributed by atoms with Gasteiger partial charge in [-0.05, 0) is 44.2 Å². The van der Waals surface area contributed by atoms with Gasteiger partial charge in [-0.15, -0.1) is 0 Å². The Balaban J connectivity index is 1.47. The first kappa shape index (κ1) is 22.8. The second kappa shape index (κ2) is 9.71. The smallest absolute Gasteiger partial charge is 0.251 e. The van der Waals surface area contributed by atoms with Gasteiger partial charge in [0.25, 0.3) is 5.91 Å². The van der Waals surface area contributed by atoms with Crippen LogP contribution in [-0.4, -0.2) is 58.0 Å². The molecule has 1 aliphatic heterocycles. The van der Waals surface area contributed by atoms with E-state index in [0.717, 1.165) is 40.9 Å². The van der Waals surface area contributed by atoms with Gasteiger partial charge in [-0.1, -0.05) is 12.1 Å². The molecule has 0 unspecified atom stereocenters. The molecule has 0 aliphatic carbocycles. The summed E-state index contributed by atoms with van der Waals surface area (Å²) in [4.78, 5) is 24.1. The van der Waals surface area contributed by atoms with Crippen LogP contribution in [-0.2, 0) is 11.8 Å². The summed E-state index contributed by atoms with van der Waals surface area (Å²) in [5.74, 6) is 1.25. The molecule has 0 radical (unpaired) electrons. The van der Waals surface area contributed by atoms with Crippen molar-refractivity contribution in [3.8, 4) is 11.3 Å². The number of rotatable bonds is 6. The number of anilines is 3. The molecule has 0 spiro atoms. The van der Waals surface area contributed by atoms with Gasteiger partial charge in [0, 0.05) is 54.4 Å². The Kier molecular flexibility index (Phi) is 6.33. The number of ether oxygens (including phenoxy) is 1. The molecule has 35 heavy (non-hydrogen) atoms. The molecule has 2 aromatic heterocycles. The number of hydrogen-bond acceptors (Lipinski definition) is 7. The van der Waals surface area contributed by atoms with Crippen molar-refractivity contribution in [3.05, 3.63) is 60.3 Å². The lowest BCUT2D eigenvalue weighted by molar-refractivity contribution is 0.0943. The van der Waals surface area contributed by atoms with Crippen molar-refractivity contribution in [3.63, 3.8) is 0 Å². The summed E-state index contributed by atoms with van der Waals surface area (Å²) < 4.78 is 7.37. The van der Waals surface area contributed by atoms with Crippen LogP contribution in [0.15, 0.2) is 54.7 Å². The van der Waals surface area contributed by atoms with Crippen LogP contribution < -0.4 is 15.5 Å². The molecule has 1 saturated heterocycles. The molecule has 2 N–H and O–H groups in total. The van der Waals surface area contributed by atoms with Crippen molar-refractivity contribution in [1.29, 1.82) is 0 Å².